The summed E-state index contributed by atoms with van der Waals surface area (Å²) in [5, 5.41) is 3.77. The molecule has 0 atom stereocenters. The monoisotopic (exact) mass is 338 g/mol. The molecule has 1 aromatic heterocycles. The molecule has 1 aromatic carbocycles. The molecule has 1 amide bonds. The van der Waals surface area contributed by atoms with Crippen molar-refractivity contribution in [3.63, 3.8) is 0 Å². The Hall–Kier alpha value is -2.02. The van der Waals surface area contributed by atoms with E-state index in [9.17, 15) is 14.0 Å². The van der Waals surface area contributed by atoms with E-state index >= 15 is 0 Å². The average molecular weight is 339 g/mol. The Balaban J connectivity index is 2.03. The van der Waals surface area contributed by atoms with E-state index < -0.39 is 17.5 Å². The maximum absolute atomic E-state index is 13.6. The number of aromatic nitrogens is 1. The van der Waals surface area contributed by atoms with Gasteiger partial charge in [0.25, 0.3) is 11.7 Å². The van der Waals surface area contributed by atoms with Crippen molar-refractivity contribution in [3.05, 3.63) is 45.5 Å². The van der Waals surface area contributed by atoms with Crippen molar-refractivity contribution < 1.29 is 18.5 Å². The predicted molar refractivity (Wildman–Crippen MR) is 70.9 cm³/mol. The highest BCUT2D eigenvalue weighted by Gasteiger charge is 2.37. The molecule has 0 saturated heterocycles. The molecule has 3 rings (SSSR count). The van der Waals surface area contributed by atoms with Crippen LogP contribution in [0, 0.1) is 12.7 Å². The smallest absolute Gasteiger partial charge is 0.299 e. The largest absolute Gasteiger partial charge is 0.361 e. The summed E-state index contributed by atoms with van der Waals surface area (Å²) in [5.41, 5.74) is 0.935. The molecule has 7 heteroatoms. The number of benzene rings is 1. The first-order chi connectivity index (χ1) is 9.47. The minimum Gasteiger partial charge on any atom is -0.361 e. The highest BCUT2D eigenvalue weighted by molar-refractivity contribution is 9.10. The SMILES string of the molecule is Cc1cc(CN2C(=O)C(=O)c3cc(Br)c(F)cc32)no1. The minimum absolute atomic E-state index is 0.0655. The van der Waals surface area contributed by atoms with Gasteiger partial charge in [-0.15, -0.1) is 0 Å². The van der Waals surface area contributed by atoms with Crippen molar-refractivity contribution in [2.75, 3.05) is 4.90 Å². The number of carbonyl (C=O) groups excluding carboxylic acids is 2. The summed E-state index contributed by atoms with van der Waals surface area (Å²) in [6, 6.07) is 4.14. The first kappa shape index (κ1) is 13.0. The topological polar surface area (TPSA) is 63.4 Å². The number of anilines is 1. The number of carbonyl (C=O) groups is 2. The summed E-state index contributed by atoms with van der Waals surface area (Å²) >= 11 is 3.00. The third-order valence-electron chi connectivity index (χ3n) is 3.01. The van der Waals surface area contributed by atoms with Crippen LogP contribution in [0.5, 0.6) is 0 Å². The summed E-state index contributed by atoms with van der Waals surface area (Å²) in [6.45, 7) is 1.79. The average Bonchev–Trinajstić information content (AvgIpc) is 2.90. The van der Waals surface area contributed by atoms with Gasteiger partial charge in [-0.2, -0.15) is 0 Å². The van der Waals surface area contributed by atoms with E-state index in [1.165, 1.54) is 11.0 Å². The van der Waals surface area contributed by atoms with Gasteiger partial charge in [-0.3, -0.25) is 14.5 Å². The van der Waals surface area contributed by atoms with Crippen LogP contribution in [0.2, 0.25) is 0 Å². The van der Waals surface area contributed by atoms with Gasteiger partial charge in [-0.05, 0) is 35.0 Å². The van der Waals surface area contributed by atoms with Gasteiger partial charge in [0.2, 0.25) is 0 Å². The highest BCUT2D eigenvalue weighted by atomic mass is 79.9. The van der Waals surface area contributed by atoms with Crippen molar-refractivity contribution in [3.8, 4) is 0 Å². The first-order valence-electron chi connectivity index (χ1n) is 5.75. The van der Waals surface area contributed by atoms with Crippen LogP contribution < -0.4 is 4.90 Å². The quantitative estimate of drug-likeness (QED) is 0.789. The molecule has 20 heavy (non-hydrogen) atoms. The molecule has 1 aliphatic rings. The van der Waals surface area contributed by atoms with E-state index in [-0.39, 0.29) is 22.3 Å². The number of aryl methyl sites for hydroxylation is 1. The molecular weight excluding hydrogens is 331 g/mol. The summed E-state index contributed by atoms with van der Waals surface area (Å²) in [7, 11) is 0. The second-order valence-electron chi connectivity index (χ2n) is 4.43. The van der Waals surface area contributed by atoms with E-state index in [2.05, 4.69) is 21.1 Å². The van der Waals surface area contributed by atoms with E-state index in [4.69, 9.17) is 4.52 Å². The molecule has 0 unspecified atom stereocenters. The maximum atomic E-state index is 13.6. The van der Waals surface area contributed by atoms with Gasteiger partial charge in [0.15, 0.2) is 0 Å². The van der Waals surface area contributed by atoms with Crippen molar-refractivity contribution in [1.29, 1.82) is 0 Å². The van der Waals surface area contributed by atoms with Crippen LogP contribution in [0.1, 0.15) is 21.8 Å². The first-order valence-corrected chi connectivity index (χ1v) is 6.54. The second kappa shape index (κ2) is 4.52. The van der Waals surface area contributed by atoms with Crippen LogP contribution >= 0.6 is 15.9 Å². The maximum Gasteiger partial charge on any atom is 0.299 e. The number of nitrogens with zero attached hydrogens (tertiary/aromatic N) is 2. The molecule has 0 bridgehead atoms. The molecule has 0 aliphatic carbocycles. The van der Waals surface area contributed by atoms with Crippen LogP contribution in [-0.4, -0.2) is 16.8 Å². The fourth-order valence-corrected chi connectivity index (χ4v) is 2.44. The van der Waals surface area contributed by atoms with Gasteiger partial charge in [0.1, 0.15) is 17.3 Å². The number of Topliss-reactive ketones (excluding diaryl/α,β-unsaturated/α-hetero) is 1. The highest BCUT2D eigenvalue weighted by Crippen LogP contribution is 2.34. The lowest BCUT2D eigenvalue weighted by molar-refractivity contribution is -0.114. The molecule has 0 N–H and O–H groups in total. The normalized spacial score (nSPS) is 14.1. The Bertz CT molecular complexity index is 741. The van der Waals surface area contributed by atoms with E-state index in [0.717, 1.165) is 6.07 Å². The third-order valence-corrected chi connectivity index (χ3v) is 3.62. The summed E-state index contributed by atoms with van der Waals surface area (Å²) in [4.78, 5) is 25.1. The molecule has 2 heterocycles. The third kappa shape index (κ3) is 1.94. The minimum atomic E-state index is -0.696. The van der Waals surface area contributed by atoms with Gasteiger partial charge in [0, 0.05) is 6.07 Å². The number of rotatable bonds is 2. The Morgan fingerprint density at radius 1 is 1.35 bits per heavy atom. The number of hydrogen-bond acceptors (Lipinski definition) is 4. The van der Waals surface area contributed by atoms with E-state index in [0.29, 0.717) is 11.5 Å². The fourth-order valence-electron chi connectivity index (χ4n) is 2.10. The van der Waals surface area contributed by atoms with Crippen LogP contribution in [0.25, 0.3) is 0 Å². The number of hydrogen-bond donors (Lipinski definition) is 0. The molecular formula is C13H8BrFN2O3. The van der Waals surface area contributed by atoms with Gasteiger partial charge < -0.3 is 4.52 Å². The lowest BCUT2D eigenvalue weighted by Crippen LogP contribution is -2.29. The van der Waals surface area contributed by atoms with Crippen molar-refractivity contribution in [2.45, 2.75) is 13.5 Å². The lowest BCUT2D eigenvalue weighted by atomic mass is 10.1. The molecule has 1 aliphatic heterocycles. The molecule has 102 valence electrons. The second-order valence-corrected chi connectivity index (χ2v) is 5.29. The van der Waals surface area contributed by atoms with Crippen LogP contribution in [0.15, 0.2) is 27.2 Å². The van der Waals surface area contributed by atoms with Crippen LogP contribution in [0.3, 0.4) is 0 Å². The van der Waals surface area contributed by atoms with E-state index in [1.54, 1.807) is 13.0 Å². The predicted octanol–water partition coefficient (Wildman–Crippen LogP) is 2.61. The van der Waals surface area contributed by atoms with Gasteiger partial charge >= 0.3 is 0 Å². The zero-order valence-corrected chi connectivity index (χ0v) is 11.9. The molecule has 0 fully saturated rings. The molecule has 2 aromatic rings. The zero-order chi connectivity index (χ0) is 14.4. The Morgan fingerprint density at radius 2 is 2.10 bits per heavy atom. The zero-order valence-electron chi connectivity index (χ0n) is 10.3. The van der Waals surface area contributed by atoms with Gasteiger partial charge in [-0.25, -0.2) is 4.39 Å². The van der Waals surface area contributed by atoms with Crippen molar-refractivity contribution >= 4 is 33.3 Å². The van der Waals surface area contributed by atoms with Crippen LogP contribution in [0.4, 0.5) is 10.1 Å². The summed E-state index contributed by atoms with van der Waals surface area (Å²) in [5.74, 6) is -1.29. The molecule has 0 saturated carbocycles. The lowest BCUT2D eigenvalue weighted by Gasteiger charge is -2.14. The Morgan fingerprint density at radius 3 is 2.75 bits per heavy atom. The molecule has 0 spiro atoms. The number of halogens is 2. The standard InChI is InChI=1S/C13H8BrFN2O3/c1-6-2-7(16-20-6)5-17-11-4-10(15)9(14)3-8(11)12(18)13(17)19/h2-4H,5H2,1H3. The number of amides is 1. The Labute approximate surface area is 121 Å². The fraction of sp³-hybridized carbons (Fsp3) is 0.154. The van der Waals surface area contributed by atoms with Crippen LogP contribution in [-0.2, 0) is 11.3 Å². The Kier molecular flexibility index (Phi) is 2.93. The van der Waals surface area contributed by atoms with Crippen molar-refractivity contribution in [2.24, 2.45) is 0 Å². The van der Waals surface area contributed by atoms with E-state index in [1.807, 2.05) is 0 Å². The molecule has 0 radical (unpaired) electrons. The number of fused-ring (bicyclic) bond motifs is 1. The van der Waals surface area contributed by atoms with Crippen molar-refractivity contribution in [1.82, 2.24) is 5.16 Å². The van der Waals surface area contributed by atoms with Gasteiger partial charge in [-0.1, -0.05) is 5.16 Å². The number of ketones is 1. The van der Waals surface area contributed by atoms with Gasteiger partial charge in [0.05, 0.1) is 22.3 Å². The summed E-state index contributed by atoms with van der Waals surface area (Å²) in [6.07, 6.45) is 0. The molecule has 5 nitrogen and oxygen atoms in total. The summed E-state index contributed by atoms with van der Waals surface area (Å²) < 4.78 is 18.7.